The van der Waals surface area contributed by atoms with Gasteiger partial charge in [-0.15, -0.1) is 11.8 Å². The lowest BCUT2D eigenvalue weighted by atomic mass is 10.1. The number of amides is 2. The van der Waals surface area contributed by atoms with E-state index in [0.29, 0.717) is 17.2 Å². The minimum Gasteiger partial charge on any atom is -0.352 e. The van der Waals surface area contributed by atoms with Gasteiger partial charge >= 0.3 is 0 Å². The predicted octanol–water partition coefficient (Wildman–Crippen LogP) is 5.35. The van der Waals surface area contributed by atoms with E-state index in [4.69, 9.17) is 11.6 Å². The molecule has 2 aromatic carbocycles. The maximum Gasteiger partial charge on any atom is 0.269 e. The molecule has 9 heteroatoms. The Labute approximate surface area is 209 Å². The molecule has 1 aliphatic carbocycles. The van der Waals surface area contributed by atoms with Gasteiger partial charge in [0.2, 0.25) is 11.8 Å². The van der Waals surface area contributed by atoms with Crippen molar-refractivity contribution in [1.82, 2.24) is 10.2 Å². The molecule has 1 saturated carbocycles. The van der Waals surface area contributed by atoms with Crippen LogP contribution in [0.3, 0.4) is 0 Å². The van der Waals surface area contributed by atoms with Gasteiger partial charge in [-0.25, -0.2) is 0 Å². The zero-order valence-corrected chi connectivity index (χ0v) is 20.8. The molecule has 2 amide bonds. The molecule has 1 aliphatic rings. The van der Waals surface area contributed by atoms with E-state index in [1.54, 1.807) is 23.1 Å². The van der Waals surface area contributed by atoms with Gasteiger partial charge in [0, 0.05) is 35.5 Å². The number of carbonyl (C=O) groups is 2. The van der Waals surface area contributed by atoms with E-state index in [-0.39, 0.29) is 35.8 Å². The molecule has 1 atom stereocenters. The minimum atomic E-state index is -0.579. The van der Waals surface area contributed by atoms with E-state index >= 15 is 0 Å². The highest BCUT2D eigenvalue weighted by Gasteiger charge is 2.30. The van der Waals surface area contributed by atoms with Crippen molar-refractivity contribution in [3.05, 3.63) is 74.8 Å². The van der Waals surface area contributed by atoms with Crippen LogP contribution in [0.2, 0.25) is 5.02 Å². The first-order chi connectivity index (χ1) is 16.4. The molecule has 0 aliphatic heterocycles. The van der Waals surface area contributed by atoms with Crippen molar-refractivity contribution in [3.63, 3.8) is 0 Å². The first-order valence-electron chi connectivity index (χ1n) is 11.5. The first kappa shape index (κ1) is 26.0. The standard InChI is InChI=1S/C25H30ClN3O4S/c1-2-23(25(31)27-20-8-4-5-9-20)28(15-19-7-3-6-10-22(19)26)24(30)17-34-16-18-11-13-21(14-12-18)29(32)33/h3,6-7,10-14,20,23H,2,4-5,8-9,15-17H2,1H3,(H,27,31)/t23-/m1/s1. The molecule has 34 heavy (non-hydrogen) atoms. The van der Waals surface area contributed by atoms with Gasteiger partial charge in [0.05, 0.1) is 10.7 Å². The molecule has 0 aromatic heterocycles. The summed E-state index contributed by atoms with van der Waals surface area (Å²) in [4.78, 5) is 38.5. The third-order valence-corrected chi connectivity index (χ3v) is 7.38. The lowest BCUT2D eigenvalue weighted by molar-refractivity contribution is -0.384. The number of nitro benzene ring substituents is 1. The maximum atomic E-state index is 13.3. The van der Waals surface area contributed by atoms with E-state index in [1.165, 1.54) is 23.9 Å². The molecule has 7 nitrogen and oxygen atoms in total. The number of rotatable bonds is 11. The van der Waals surface area contributed by atoms with Crippen LogP contribution in [0.5, 0.6) is 0 Å². The zero-order chi connectivity index (χ0) is 24.5. The Balaban J connectivity index is 1.69. The van der Waals surface area contributed by atoms with Crippen molar-refractivity contribution < 1.29 is 14.5 Å². The molecular weight excluding hydrogens is 474 g/mol. The minimum absolute atomic E-state index is 0.0369. The number of carbonyl (C=O) groups excluding carboxylic acids is 2. The summed E-state index contributed by atoms with van der Waals surface area (Å²) < 4.78 is 0. The second-order valence-electron chi connectivity index (χ2n) is 8.44. The number of benzene rings is 2. The highest BCUT2D eigenvalue weighted by molar-refractivity contribution is 7.99. The first-order valence-corrected chi connectivity index (χ1v) is 13.1. The fraction of sp³-hybridized carbons (Fsp3) is 0.440. The second kappa shape index (κ2) is 12.8. The van der Waals surface area contributed by atoms with Gasteiger partial charge in [0.25, 0.3) is 5.69 Å². The summed E-state index contributed by atoms with van der Waals surface area (Å²) in [6.45, 7) is 2.17. The zero-order valence-electron chi connectivity index (χ0n) is 19.2. The predicted molar refractivity (Wildman–Crippen MR) is 136 cm³/mol. The number of non-ortho nitro benzene ring substituents is 1. The Bertz CT molecular complexity index is 996. The lowest BCUT2D eigenvalue weighted by Crippen LogP contribution is -2.51. The number of nitrogens with zero attached hydrogens (tertiary/aromatic N) is 2. The molecule has 2 aromatic rings. The summed E-state index contributed by atoms with van der Waals surface area (Å²) in [6, 6.07) is 13.3. The molecule has 0 radical (unpaired) electrons. The van der Waals surface area contributed by atoms with Gasteiger partial charge in [-0.2, -0.15) is 0 Å². The van der Waals surface area contributed by atoms with Crippen molar-refractivity contribution in [2.24, 2.45) is 0 Å². The molecule has 0 unspecified atom stereocenters. The average Bonchev–Trinajstić information content (AvgIpc) is 3.33. The number of nitrogens with one attached hydrogen (secondary N) is 1. The highest BCUT2D eigenvalue weighted by atomic mass is 35.5. The normalized spacial score (nSPS) is 14.5. The summed E-state index contributed by atoms with van der Waals surface area (Å²) in [5, 5.41) is 14.5. The van der Waals surface area contributed by atoms with Gasteiger partial charge in [0.1, 0.15) is 6.04 Å². The molecule has 0 spiro atoms. The molecular formula is C25H30ClN3O4S. The Hall–Kier alpha value is -2.58. The van der Waals surface area contributed by atoms with Crippen LogP contribution in [-0.4, -0.2) is 39.5 Å². The summed E-state index contributed by atoms with van der Waals surface area (Å²) in [6.07, 6.45) is 4.69. The van der Waals surface area contributed by atoms with E-state index in [1.807, 2.05) is 25.1 Å². The summed E-state index contributed by atoms with van der Waals surface area (Å²) in [7, 11) is 0. The fourth-order valence-electron chi connectivity index (χ4n) is 4.15. The topological polar surface area (TPSA) is 92.6 Å². The van der Waals surface area contributed by atoms with Crippen LogP contribution in [-0.2, 0) is 21.9 Å². The van der Waals surface area contributed by atoms with Gasteiger partial charge in [0.15, 0.2) is 0 Å². The number of halogens is 1. The van der Waals surface area contributed by atoms with Crippen LogP contribution in [0, 0.1) is 10.1 Å². The van der Waals surface area contributed by atoms with Crippen molar-refractivity contribution in [3.8, 4) is 0 Å². The van der Waals surface area contributed by atoms with Crippen LogP contribution in [0.4, 0.5) is 5.69 Å². The van der Waals surface area contributed by atoms with Crippen LogP contribution < -0.4 is 5.32 Å². The summed E-state index contributed by atoms with van der Waals surface area (Å²) >= 11 is 7.78. The summed E-state index contributed by atoms with van der Waals surface area (Å²) in [5.41, 5.74) is 1.73. The van der Waals surface area contributed by atoms with Crippen LogP contribution in [0.25, 0.3) is 0 Å². The van der Waals surface area contributed by atoms with Crippen molar-refractivity contribution in [2.75, 3.05) is 5.75 Å². The number of hydrogen-bond donors (Lipinski definition) is 1. The van der Waals surface area contributed by atoms with Gasteiger partial charge in [-0.3, -0.25) is 19.7 Å². The second-order valence-corrected chi connectivity index (χ2v) is 9.84. The van der Waals surface area contributed by atoms with Crippen LogP contribution in [0.1, 0.15) is 50.2 Å². The maximum absolute atomic E-state index is 13.3. The van der Waals surface area contributed by atoms with Crippen LogP contribution in [0.15, 0.2) is 48.5 Å². The average molecular weight is 504 g/mol. The molecule has 182 valence electrons. The largest absolute Gasteiger partial charge is 0.352 e. The van der Waals surface area contributed by atoms with E-state index in [9.17, 15) is 19.7 Å². The van der Waals surface area contributed by atoms with Crippen molar-refractivity contribution in [1.29, 1.82) is 0 Å². The molecule has 0 bridgehead atoms. The summed E-state index contributed by atoms with van der Waals surface area (Å²) in [5.74, 6) is 0.471. The van der Waals surface area contributed by atoms with E-state index in [0.717, 1.165) is 36.8 Å². The van der Waals surface area contributed by atoms with Gasteiger partial charge in [-0.05, 0) is 36.5 Å². The SMILES string of the molecule is CC[C@H](C(=O)NC1CCCC1)N(Cc1ccccc1Cl)C(=O)CSCc1ccc([N+](=O)[O-])cc1. The fourth-order valence-corrected chi connectivity index (χ4v) is 5.22. The Morgan fingerprint density at radius 1 is 1.18 bits per heavy atom. The van der Waals surface area contributed by atoms with Crippen molar-refractivity contribution in [2.45, 2.75) is 63.4 Å². The quantitative estimate of drug-likeness (QED) is 0.329. The van der Waals surface area contributed by atoms with E-state index in [2.05, 4.69) is 5.32 Å². The third-order valence-electron chi connectivity index (χ3n) is 6.03. The Kier molecular flexibility index (Phi) is 9.77. The lowest BCUT2D eigenvalue weighted by Gasteiger charge is -2.31. The third kappa shape index (κ3) is 7.21. The van der Waals surface area contributed by atoms with Gasteiger partial charge < -0.3 is 10.2 Å². The molecule has 3 rings (SSSR count). The molecule has 1 N–H and O–H groups in total. The molecule has 0 heterocycles. The number of thioether (sulfide) groups is 1. The van der Waals surface area contributed by atoms with Crippen LogP contribution >= 0.6 is 23.4 Å². The van der Waals surface area contributed by atoms with Crippen molar-refractivity contribution >= 4 is 40.9 Å². The molecule has 1 fully saturated rings. The highest BCUT2D eigenvalue weighted by Crippen LogP contribution is 2.23. The number of hydrogen-bond acceptors (Lipinski definition) is 5. The smallest absolute Gasteiger partial charge is 0.269 e. The van der Waals surface area contributed by atoms with E-state index < -0.39 is 11.0 Å². The Morgan fingerprint density at radius 2 is 1.85 bits per heavy atom. The number of nitro groups is 1. The molecule has 0 saturated heterocycles. The Morgan fingerprint density at radius 3 is 2.47 bits per heavy atom. The van der Waals surface area contributed by atoms with Gasteiger partial charge in [-0.1, -0.05) is 61.7 Å². The monoisotopic (exact) mass is 503 g/mol.